The number of hydrogen-bond acceptors (Lipinski definition) is 4. The standard InChI is InChI=1S/C16H18N2O3S/c1-9-17-13-7-6-10(8-14(13)22-9)18-15(19)11-4-2-3-5-12(11)16(20)21/h6-8,11-12H,2-5H2,1H3,(H,18,19)(H,20,21)/t11-,12-/m0/s1. The van der Waals surface area contributed by atoms with E-state index in [4.69, 9.17) is 0 Å². The third-order valence-electron chi connectivity index (χ3n) is 4.18. The number of nitrogens with zero attached hydrogens (tertiary/aromatic N) is 1. The van der Waals surface area contributed by atoms with Crippen molar-refractivity contribution in [1.82, 2.24) is 4.98 Å². The maximum atomic E-state index is 12.4. The molecule has 0 spiro atoms. The Morgan fingerprint density at radius 1 is 1.27 bits per heavy atom. The number of carboxylic acids is 1. The predicted octanol–water partition coefficient (Wildman–Crippen LogP) is 3.43. The Kier molecular flexibility index (Phi) is 4.11. The molecule has 22 heavy (non-hydrogen) atoms. The highest BCUT2D eigenvalue weighted by molar-refractivity contribution is 7.18. The molecule has 1 aliphatic rings. The number of amides is 1. The fourth-order valence-electron chi connectivity index (χ4n) is 3.09. The van der Waals surface area contributed by atoms with Crippen molar-refractivity contribution in [3.63, 3.8) is 0 Å². The van der Waals surface area contributed by atoms with Gasteiger partial charge in [0, 0.05) is 5.69 Å². The van der Waals surface area contributed by atoms with Gasteiger partial charge in [-0.1, -0.05) is 12.8 Å². The third-order valence-corrected chi connectivity index (χ3v) is 5.12. The minimum Gasteiger partial charge on any atom is -0.481 e. The lowest BCUT2D eigenvalue weighted by molar-refractivity contribution is -0.147. The zero-order valence-electron chi connectivity index (χ0n) is 12.3. The number of thiazole rings is 1. The van der Waals surface area contributed by atoms with E-state index in [-0.39, 0.29) is 5.91 Å². The first-order valence-corrected chi connectivity index (χ1v) is 8.27. The van der Waals surface area contributed by atoms with Crippen LogP contribution in [0.4, 0.5) is 5.69 Å². The SMILES string of the molecule is Cc1nc2ccc(NC(=O)[C@H]3CCCC[C@@H]3C(=O)O)cc2s1. The highest BCUT2D eigenvalue weighted by Crippen LogP contribution is 2.32. The molecule has 1 amide bonds. The van der Waals surface area contributed by atoms with Crippen LogP contribution in [0.25, 0.3) is 10.2 Å². The number of carbonyl (C=O) groups is 2. The van der Waals surface area contributed by atoms with E-state index in [0.717, 1.165) is 28.1 Å². The minimum absolute atomic E-state index is 0.187. The lowest BCUT2D eigenvalue weighted by Crippen LogP contribution is -2.36. The van der Waals surface area contributed by atoms with E-state index >= 15 is 0 Å². The zero-order chi connectivity index (χ0) is 15.7. The number of carboxylic acid groups (broad SMARTS) is 1. The number of benzene rings is 1. The second-order valence-corrected chi connectivity index (χ2v) is 6.98. The summed E-state index contributed by atoms with van der Waals surface area (Å²) in [6.07, 6.45) is 3.02. The van der Waals surface area contributed by atoms with E-state index in [1.165, 1.54) is 0 Å². The van der Waals surface area contributed by atoms with Gasteiger partial charge in [0.05, 0.1) is 27.1 Å². The molecule has 116 valence electrons. The quantitative estimate of drug-likeness (QED) is 0.908. The Labute approximate surface area is 132 Å². The average molecular weight is 318 g/mol. The molecule has 3 rings (SSSR count). The van der Waals surface area contributed by atoms with Crippen LogP contribution < -0.4 is 5.32 Å². The Bertz CT molecular complexity index is 725. The van der Waals surface area contributed by atoms with Gasteiger partial charge in [0.1, 0.15) is 0 Å². The molecule has 0 aliphatic heterocycles. The maximum Gasteiger partial charge on any atom is 0.307 e. The van der Waals surface area contributed by atoms with Gasteiger partial charge in [0.15, 0.2) is 0 Å². The molecular formula is C16H18N2O3S. The van der Waals surface area contributed by atoms with Crippen molar-refractivity contribution in [3.8, 4) is 0 Å². The number of nitrogens with one attached hydrogen (secondary N) is 1. The van der Waals surface area contributed by atoms with E-state index in [9.17, 15) is 14.7 Å². The lowest BCUT2D eigenvalue weighted by atomic mass is 9.78. The van der Waals surface area contributed by atoms with Gasteiger partial charge in [-0.15, -0.1) is 11.3 Å². The normalized spacial score (nSPS) is 21.7. The van der Waals surface area contributed by atoms with Crippen LogP contribution in [0.2, 0.25) is 0 Å². The fourth-order valence-corrected chi connectivity index (χ4v) is 3.96. The van der Waals surface area contributed by atoms with Crippen LogP contribution in [0.1, 0.15) is 30.7 Å². The molecule has 1 aromatic heterocycles. The van der Waals surface area contributed by atoms with Crippen LogP contribution >= 0.6 is 11.3 Å². The van der Waals surface area contributed by atoms with Crippen molar-refractivity contribution in [2.75, 3.05) is 5.32 Å². The Morgan fingerprint density at radius 3 is 2.73 bits per heavy atom. The lowest BCUT2D eigenvalue weighted by Gasteiger charge is -2.27. The summed E-state index contributed by atoms with van der Waals surface area (Å²) in [4.78, 5) is 28.1. The summed E-state index contributed by atoms with van der Waals surface area (Å²) in [5, 5.41) is 13.1. The van der Waals surface area contributed by atoms with E-state index in [1.807, 2.05) is 25.1 Å². The molecule has 6 heteroatoms. The molecule has 0 bridgehead atoms. The Balaban J connectivity index is 1.77. The van der Waals surface area contributed by atoms with Gasteiger partial charge in [-0.3, -0.25) is 9.59 Å². The topological polar surface area (TPSA) is 79.3 Å². The number of aryl methyl sites for hydroxylation is 1. The summed E-state index contributed by atoms with van der Waals surface area (Å²) < 4.78 is 1.02. The second kappa shape index (κ2) is 6.04. The number of anilines is 1. The molecule has 0 radical (unpaired) electrons. The van der Waals surface area contributed by atoms with Gasteiger partial charge in [-0.25, -0.2) is 4.98 Å². The van der Waals surface area contributed by atoms with Crippen molar-refractivity contribution in [1.29, 1.82) is 0 Å². The molecule has 0 saturated heterocycles. The molecule has 5 nitrogen and oxygen atoms in total. The fraction of sp³-hybridized carbons (Fsp3) is 0.438. The minimum atomic E-state index is -0.867. The van der Waals surface area contributed by atoms with Gasteiger partial charge in [-0.05, 0) is 38.0 Å². The van der Waals surface area contributed by atoms with Crippen molar-refractivity contribution >= 4 is 39.1 Å². The van der Waals surface area contributed by atoms with Gasteiger partial charge in [-0.2, -0.15) is 0 Å². The van der Waals surface area contributed by atoms with Crippen LogP contribution in [0.3, 0.4) is 0 Å². The molecule has 1 heterocycles. The molecule has 1 fully saturated rings. The van der Waals surface area contributed by atoms with E-state index in [0.29, 0.717) is 18.5 Å². The number of hydrogen-bond donors (Lipinski definition) is 2. The van der Waals surface area contributed by atoms with Crippen LogP contribution in [0, 0.1) is 18.8 Å². The summed E-state index contributed by atoms with van der Waals surface area (Å²) in [5.74, 6) is -2.06. The molecule has 2 N–H and O–H groups in total. The van der Waals surface area contributed by atoms with Crippen molar-refractivity contribution in [2.45, 2.75) is 32.6 Å². The van der Waals surface area contributed by atoms with Gasteiger partial charge >= 0.3 is 5.97 Å². The first kappa shape index (κ1) is 15.0. The number of fused-ring (bicyclic) bond motifs is 1. The number of aromatic nitrogens is 1. The smallest absolute Gasteiger partial charge is 0.307 e. The summed E-state index contributed by atoms with van der Waals surface area (Å²) in [6, 6.07) is 5.60. The van der Waals surface area contributed by atoms with Gasteiger partial charge < -0.3 is 10.4 Å². The summed E-state index contributed by atoms with van der Waals surface area (Å²) in [5.41, 5.74) is 1.62. The van der Waals surface area contributed by atoms with Gasteiger partial charge in [0.25, 0.3) is 0 Å². The third kappa shape index (κ3) is 2.97. The van der Waals surface area contributed by atoms with E-state index in [1.54, 1.807) is 11.3 Å². The van der Waals surface area contributed by atoms with Crippen LogP contribution in [-0.2, 0) is 9.59 Å². The summed E-state index contributed by atoms with van der Waals surface area (Å²) >= 11 is 1.58. The molecule has 2 aromatic rings. The Morgan fingerprint density at radius 2 is 2.00 bits per heavy atom. The maximum absolute atomic E-state index is 12.4. The first-order chi connectivity index (χ1) is 10.5. The average Bonchev–Trinajstić information content (AvgIpc) is 2.86. The van der Waals surface area contributed by atoms with Crippen molar-refractivity contribution in [2.24, 2.45) is 11.8 Å². The number of aliphatic carboxylic acids is 1. The summed E-state index contributed by atoms with van der Waals surface area (Å²) in [6.45, 7) is 1.95. The number of carbonyl (C=O) groups excluding carboxylic acids is 1. The largest absolute Gasteiger partial charge is 0.481 e. The van der Waals surface area contributed by atoms with E-state index < -0.39 is 17.8 Å². The first-order valence-electron chi connectivity index (χ1n) is 7.45. The highest BCUT2D eigenvalue weighted by atomic mass is 32.1. The Hall–Kier alpha value is -1.95. The molecule has 1 aromatic carbocycles. The molecule has 2 atom stereocenters. The summed E-state index contributed by atoms with van der Waals surface area (Å²) in [7, 11) is 0. The van der Waals surface area contributed by atoms with E-state index in [2.05, 4.69) is 10.3 Å². The highest BCUT2D eigenvalue weighted by Gasteiger charge is 2.35. The molecule has 1 aliphatic carbocycles. The van der Waals surface area contributed by atoms with Crippen molar-refractivity contribution in [3.05, 3.63) is 23.2 Å². The number of rotatable bonds is 3. The molecular weight excluding hydrogens is 300 g/mol. The molecule has 1 saturated carbocycles. The van der Waals surface area contributed by atoms with Crippen molar-refractivity contribution < 1.29 is 14.7 Å². The zero-order valence-corrected chi connectivity index (χ0v) is 13.2. The van der Waals surface area contributed by atoms with Crippen LogP contribution in [0.15, 0.2) is 18.2 Å². The predicted molar refractivity (Wildman–Crippen MR) is 86.1 cm³/mol. The van der Waals surface area contributed by atoms with Gasteiger partial charge in [0.2, 0.25) is 5.91 Å². The van der Waals surface area contributed by atoms with Crippen LogP contribution in [-0.4, -0.2) is 22.0 Å². The molecule has 0 unspecified atom stereocenters. The monoisotopic (exact) mass is 318 g/mol. The second-order valence-electron chi connectivity index (χ2n) is 5.74. The van der Waals surface area contributed by atoms with Crippen LogP contribution in [0.5, 0.6) is 0 Å².